The number of non-ortho nitro benzene ring substituents is 1. The minimum absolute atomic E-state index is 0.0759. The zero-order valence-electron chi connectivity index (χ0n) is 10.0. The fourth-order valence-corrected chi connectivity index (χ4v) is 1.99. The number of benzene rings is 1. The van der Waals surface area contributed by atoms with E-state index in [-0.39, 0.29) is 22.4 Å². The predicted molar refractivity (Wildman–Crippen MR) is 71.7 cm³/mol. The number of carbonyl (C=O) groups excluding carboxylic acids is 1. The van der Waals surface area contributed by atoms with E-state index >= 15 is 0 Å². The average Bonchev–Trinajstić information content (AvgIpc) is 2.39. The van der Waals surface area contributed by atoms with Crippen molar-refractivity contribution in [1.82, 2.24) is 4.98 Å². The van der Waals surface area contributed by atoms with Gasteiger partial charge in [0.1, 0.15) is 0 Å². The van der Waals surface area contributed by atoms with Crippen molar-refractivity contribution < 1.29 is 14.5 Å². The lowest BCUT2D eigenvalue weighted by molar-refractivity contribution is -0.384. The molecule has 0 bridgehead atoms. The Bertz CT molecular complexity index is 723. The molecule has 2 aromatic rings. The zero-order chi connectivity index (χ0) is 14.0. The second kappa shape index (κ2) is 5.15. The third kappa shape index (κ3) is 2.45. The number of hydrogen-bond acceptors (Lipinski definition) is 5. The number of hydrogen-bond donors (Lipinski definition) is 1. The highest BCUT2D eigenvalue weighted by molar-refractivity contribution is 7.71. The van der Waals surface area contributed by atoms with Gasteiger partial charge in [0.25, 0.3) is 5.69 Å². The summed E-state index contributed by atoms with van der Waals surface area (Å²) in [6.07, 6.45) is 1.45. The molecule has 98 valence electrons. The Balaban J connectivity index is 2.65. The van der Waals surface area contributed by atoms with Gasteiger partial charge in [-0.3, -0.25) is 10.1 Å². The molecule has 0 saturated heterocycles. The van der Waals surface area contributed by atoms with Crippen LogP contribution in [0.5, 0.6) is 0 Å². The summed E-state index contributed by atoms with van der Waals surface area (Å²) in [5.41, 5.74) is 0.751. The fourth-order valence-electron chi connectivity index (χ4n) is 1.68. The van der Waals surface area contributed by atoms with Gasteiger partial charge >= 0.3 is 5.97 Å². The number of H-pyrrole nitrogens is 1. The standard InChI is InChI=1S/C12H10N2O4S/c1-2-18-12(15)9-6-13-10-4-3-7(14(16)17)5-8(10)11(9)19/h3-6H,2H2,1H3,(H,13,19). The maximum atomic E-state index is 11.7. The van der Waals surface area contributed by atoms with Gasteiger partial charge in [-0.1, -0.05) is 12.2 Å². The molecule has 0 atom stereocenters. The van der Waals surface area contributed by atoms with Crippen LogP contribution >= 0.6 is 12.2 Å². The van der Waals surface area contributed by atoms with Crippen molar-refractivity contribution in [2.75, 3.05) is 6.61 Å². The molecule has 0 aliphatic heterocycles. The third-order valence-electron chi connectivity index (χ3n) is 2.57. The first-order chi connectivity index (χ1) is 9.04. The monoisotopic (exact) mass is 278 g/mol. The molecule has 1 heterocycles. The molecular formula is C12H10N2O4S. The van der Waals surface area contributed by atoms with Gasteiger partial charge in [0, 0.05) is 29.2 Å². The lowest BCUT2D eigenvalue weighted by Gasteiger charge is -2.04. The highest BCUT2D eigenvalue weighted by atomic mass is 32.1. The molecule has 0 aliphatic carbocycles. The van der Waals surface area contributed by atoms with Crippen LogP contribution in [-0.4, -0.2) is 22.5 Å². The highest BCUT2D eigenvalue weighted by Gasteiger charge is 2.13. The summed E-state index contributed by atoms with van der Waals surface area (Å²) in [5, 5.41) is 11.2. The van der Waals surface area contributed by atoms with Crippen molar-refractivity contribution in [2.24, 2.45) is 0 Å². The van der Waals surface area contributed by atoms with Crippen LogP contribution in [0.4, 0.5) is 5.69 Å². The Morgan fingerprint density at radius 1 is 1.53 bits per heavy atom. The molecule has 0 spiro atoms. The molecule has 0 unspecified atom stereocenters. The van der Waals surface area contributed by atoms with Gasteiger partial charge in [0.15, 0.2) is 0 Å². The quantitative estimate of drug-likeness (QED) is 0.404. The first-order valence-corrected chi connectivity index (χ1v) is 5.92. The predicted octanol–water partition coefficient (Wildman–Crippen LogP) is 2.98. The van der Waals surface area contributed by atoms with E-state index in [9.17, 15) is 14.9 Å². The molecule has 1 aromatic carbocycles. The highest BCUT2D eigenvalue weighted by Crippen LogP contribution is 2.22. The zero-order valence-corrected chi connectivity index (χ0v) is 10.8. The van der Waals surface area contributed by atoms with E-state index in [1.165, 1.54) is 18.3 Å². The second-order valence-corrected chi connectivity index (χ2v) is 4.15. The number of fused-ring (bicyclic) bond motifs is 1. The normalized spacial score (nSPS) is 10.4. The molecule has 0 fully saturated rings. The number of nitro benzene ring substituents is 1. The van der Waals surface area contributed by atoms with E-state index in [0.717, 1.165) is 0 Å². The number of esters is 1. The maximum absolute atomic E-state index is 11.7. The second-order valence-electron chi connectivity index (χ2n) is 3.74. The van der Waals surface area contributed by atoms with Gasteiger partial charge in [0.05, 0.1) is 21.6 Å². The van der Waals surface area contributed by atoms with Crippen LogP contribution in [0.1, 0.15) is 17.3 Å². The Hall–Kier alpha value is -2.28. The summed E-state index contributed by atoms with van der Waals surface area (Å²) in [7, 11) is 0. The van der Waals surface area contributed by atoms with Gasteiger partial charge in [-0.05, 0) is 13.0 Å². The first-order valence-electron chi connectivity index (χ1n) is 5.51. The van der Waals surface area contributed by atoms with Gasteiger partial charge in [0.2, 0.25) is 0 Å². The molecule has 0 aliphatic rings. The van der Waals surface area contributed by atoms with Crippen LogP contribution in [0, 0.1) is 14.6 Å². The van der Waals surface area contributed by atoms with Crippen LogP contribution in [0.3, 0.4) is 0 Å². The van der Waals surface area contributed by atoms with E-state index in [4.69, 9.17) is 17.0 Å². The topological polar surface area (TPSA) is 85.2 Å². The molecule has 1 aromatic heterocycles. The van der Waals surface area contributed by atoms with Crippen LogP contribution < -0.4 is 0 Å². The van der Waals surface area contributed by atoms with Gasteiger partial charge in [-0.25, -0.2) is 4.79 Å². The summed E-state index contributed by atoms with van der Waals surface area (Å²) in [4.78, 5) is 24.8. The number of aromatic nitrogens is 1. The lowest BCUT2D eigenvalue weighted by Crippen LogP contribution is -2.06. The number of aromatic amines is 1. The van der Waals surface area contributed by atoms with E-state index in [1.807, 2.05) is 0 Å². The number of carbonyl (C=O) groups is 1. The summed E-state index contributed by atoms with van der Waals surface area (Å²) in [6, 6.07) is 4.27. The van der Waals surface area contributed by atoms with Crippen molar-refractivity contribution >= 4 is 34.8 Å². The van der Waals surface area contributed by atoms with Gasteiger partial charge in [-0.2, -0.15) is 0 Å². The van der Waals surface area contributed by atoms with Crippen molar-refractivity contribution in [3.63, 3.8) is 0 Å². The molecule has 2 rings (SSSR count). The summed E-state index contributed by atoms with van der Waals surface area (Å²) in [6.45, 7) is 1.93. The van der Waals surface area contributed by atoms with E-state index in [2.05, 4.69) is 4.98 Å². The lowest BCUT2D eigenvalue weighted by atomic mass is 10.1. The molecule has 6 nitrogen and oxygen atoms in total. The van der Waals surface area contributed by atoms with Gasteiger partial charge < -0.3 is 9.72 Å². The third-order valence-corrected chi connectivity index (χ3v) is 3.01. The maximum Gasteiger partial charge on any atom is 0.341 e. The van der Waals surface area contributed by atoms with E-state index in [1.54, 1.807) is 13.0 Å². The number of ether oxygens (including phenoxy) is 1. The Labute approximate surface area is 113 Å². The number of nitro groups is 1. The summed E-state index contributed by atoms with van der Waals surface area (Å²) >= 11 is 5.19. The number of nitrogens with one attached hydrogen (secondary N) is 1. The van der Waals surface area contributed by atoms with Crippen molar-refractivity contribution in [1.29, 1.82) is 0 Å². The summed E-state index contributed by atoms with van der Waals surface area (Å²) < 4.78 is 5.12. The van der Waals surface area contributed by atoms with Crippen molar-refractivity contribution in [2.45, 2.75) is 6.92 Å². The SMILES string of the molecule is CCOC(=O)c1c[nH]c2ccc([N+](=O)[O-])cc2c1=S. The van der Waals surface area contributed by atoms with Crippen LogP contribution in [0.15, 0.2) is 24.4 Å². The minimum atomic E-state index is -0.544. The Morgan fingerprint density at radius 2 is 2.26 bits per heavy atom. The van der Waals surface area contributed by atoms with Crippen LogP contribution in [0.25, 0.3) is 10.9 Å². The molecular weight excluding hydrogens is 268 g/mol. The van der Waals surface area contributed by atoms with Crippen LogP contribution in [0.2, 0.25) is 0 Å². The van der Waals surface area contributed by atoms with Gasteiger partial charge in [-0.15, -0.1) is 0 Å². The molecule has 0 radical (unpaired) electrons. The smallest absolute Gasteiger partial charge is 0.341 e. The number of rotatable bonds is 3. The number of nitrogens with zero attached hydrogens (tertiary/aromatic N) is 1. The minimum Gasteiger partial charge on any atom is -0.462 e. The summed E-state index contributed by atoms with van der Waals surface area (Å²) in [5.74, 6) is -0.544. The Kier molecular flexibility index (Phi) is 3.57. The van der Waals surface area contributed by atoms with E-state index in [0.29, 0.717) is 10.9 Å². The molecule has 0 saturated carbocycles. The molecule has 1 N–H and O–H groups in total. The Morgan fingerprint density at radius 3 is 2.89 bits per heavy atom. The molecule has 0 amide bonds. The largest absolute Gasteiger partial charge is 0.462 e. The average molecular weight is 278 g/mol. The van der Waals surface area contributed by atoms with Crippen molar-refractivity contribution in [3.8, 4) is 0 Å². The molecule has 7 heteroatoms. The number of pyridine rings is 1. The van der Waals surface area contributed by atoms with E-state index < -0.39 is 10.9 Å². The van der Waals surface area contributed by atoms with Crippen LogP contribution in [-0.2, 0) is 4.74 Å². The van der Waals surface area contributed by atoms with Crippen molar-refractivity contribution in [3.05, 3.63) is 44.6 Å². The first kappa shape index (κ1) is 13.2. The molecule has 19 heavy (non-hydrogen) atoms. The fraction of sp³-hybridized carbons (Fsp3) is 0.167.